The van der Waals surface area contributed by atoms with Gasteiger partial charge in [-0.1, -0.05) is 30.3 Å². The molecule has 1 fully saturated rings. The van der Waals surface area contributed by atoms with Crippen molar-refractivity contribution in [3.63, 3.8) is 0 Å². The molecule has 0 spiro atoms. The number of benzene rings is 1. The van der Waals surface area contributed by atoms with E-state index < -0.39 is 21.4 Å². The van der Waals surface area contributed by atoms with Crippen LogP contribution in [0.3, 0.4) is 0 Å². The number of ether oxygens (including phenoxy) is 2. The van der Waals surface area contributed by atoms with E-state index in [0.717, 1.165) is 5.56 Å². The van der Waals surface area contributed by atoms with Crippen molar-refractivity contribution in [2.24, 2.45) is 4.36 Å². The molecule has 0 N–H and O–H groups in total. The van der Waals surface area contributed by atoms with Gasteiger partial charge in [-0.3, -0.25) is 0 Å². The minimum atomic E-state index is -2.75. The first-order valence-corrected chi connectivity index (χ1v) is 10.9. The van der Waals surface area contributed by atoms with Crippen LogP contribution in [0, 0.1) is 0 Å². The Hall–Kier alpha value is -2.09. The maximum atomic E-state index is 12.9. The van der Waals surface area contributed by atoms with E-state index >= 15 is 0 Å². The zero-order chi connectivity index (χ0) is 20.1. The molecule has 0 unspecified atom stereocenters. The van der Waals surface area contributed by atoms with Crippen molar-refractivity contribution in [1.29, 1.82) is 0 Å². The number of amides is 2. The van der Waals surface area contributed by atoms with Gasteiger partial charge in [0.25, 0.3) is 0 Å². The molecule has 1 aliphatic rings. The third-order valence-electron chi connectivity index (χ3n) is 4.17. The van der Waals surface area contributed by atoms with E-state index in [2.05, 4.69) is 4.36 Å². The average molecular weight is 397 g/mol. The fraction of sp³-hybridized carbons (Fsp3) is 0.579. The standard InChI is InChI=1S/C19H28N2O5S/c1-19(2,3)26-18(23)21-12-10-16(11-13-21)27(4,24)20-17(22)25-14-15-8-6-5-7-9-15/h5-9,16H,10-14H2,1-4H3/t27-/m0/s1. The van der Waals surface area contributed by atoms with Crippen LogP contribution >= 0.6 is 0 Å². The molecule has 150 valence electrons. The quantitative estimate of drug-likeness (QED) is 0.775. The average Bonchev–Trinajstić information content (AvgIpc) is 2.59. The molecule has 0 aromatic heterocycles. The molecule has 2 rings (SSSR count). The molecular weight excluding hydrogens is 368 g/mol. The zero-order valence-electron chi connectivity index (χ0n) is 16.3. The summed E-state index contributed by atoms with van der Waals surface area (Å²) in [7, 11) is -2.75. The second-order valence-corrected chi connectivity index (χ2v) is 10.2. The Morgan fingerprint density at radius 2 is 1.78 bits per heavy atom. The predicted octanol–water partition coefficient (Wildman–Crippen LogP) is 3.82. The lowest BCUT2D eigenvalue weighted by Crippen LogP contribution is -2.44. The number of carbonyl (C=O) groups excluding carboxylic acids is 2. The summed E-state index contributed by atoms with van der Waals surface area (Å²) in [5.41, 5.74) is 0.290. The Labute approximate surface area is 161 Å². The lowest BCUT2D eigenvalue weighted by Gasteiger charge is -2.33. The van der Waals surface area contributed by atoms with Gasteiger partial charge in [0.2, 0.25) is 0 Å². The van der Waals surface area contributed by atoms with E-state index in [1.165, 1.54) is 6.26 Å². The molecule has 8 heteroatoms. The van der Waals surface area contributed by atoms with Crippen LogP contribution in [0.4, 0.5) is 9.59 Å². The van der Waals surface area contributed by atoms with Gasteiger partial charge in [0.05, 0.1) is 9.73 Å². The van der Waals surface area contributed by atoms with Crippen LogP contribution in [0.2, 0.25) is 0 Å². The molecule has 1 atom stereocenters. The summed E-state index contributed by atoms with van der Waals surface area (Å²) in [6.07, 6.45) is 1.29. The topological polar surface area (TPSA) is 85.3 Å². The molecule has 0 aliphatic carbocycles. The normalized spacial score (nSPS) is 17.7. The predicted molar refractivity (Wildman–Crippen MR) is 104 cm³/mol. The highest BCUT2D eigenvalue weighted by Gasteiger charge is 2.30. The highest BCUT2D eigenvalue weighted by molar-refractivity contribution is 7.93. The molecule has 1 aromatic carbocycles. The summed E-state index contributed by atoms with van der Waals surface area (Å²) in [6.45, 7) is 6.40. The van der Waals surface area contributed by atoms with Gasteiger partial charge in [-0.2, -0.15) is 0 Å². The smallest absolute Gasteiger partial charge is 0.442 e. The first kappa shape index (κ1) is 21.2. The van der Waals surface area contributed by atoms with Crippen molar-refractivity contribution in [2.45, 2.75) is 51.1 Å². The molecule has 1 saturated heterocycles. The maximum Gasteiger partial charge on any atom is 0.442 e. The van der Waals surface area contributed by atoms with Crippen LogP contribution in [-0.2, 0) is 25.8 Å². The number of rotatable bonds is 3. The first-order valence-electron chi connectivity index (χ1n) is 8.96. The fourth-order valence-corrected chi connectivity index (χ4v) is 4.35. The van der Waals surface area contributed by atoms with Crippen LogP contribution in [-0.4, -0.2) is 51.5 Å². The fourth-order valence-electron chi connectivity index (χ4n) is 2.77. The highest BCUT2D eigenvalue weighted by Crippen LogP contribution is 2.21. The largest absolute Gasteiger partial charge is 0.444 e. The van der Waals surface area contributed by atoms with E-state index in [4.69, 9.17) is 9.47 Å². The van der Waals surface area contributed by atoms with Crippen molar-refractivity contribution in [3.05, 3.63) is 35.9 Å². The van der Waals surface area contributed by atoms with Crippen molar-refractivity contribution < 1.29 is 23.3 Å². The SMILES string of the molecule is CC(C)(C)OC(=O)N1CCC([S@](C)(=O)=NC(=O)OCc2ccccc2)CC1. The van der Waals surface area contributed by atoms with E-state index in [-0.39, 0.29) is 18.0 Å². The van der Waals surface area contributed by atoms with E-state index in [0.29, 0.717) is 25.9 Å². The number of nitrogens with zero attached hydrogens (tertiary/aromatic N) is 2. The van der Waals surface area contributed by atoms with Crippen molar-refractivity contribution in [1.82, 2.24) is 4.90 Å². The monoisotopic (exact) mass is 396 g/mol. The number of likely N-dealkylation sites (tertiary alicyclic amines) is 1. The number of hydrogen-bond acceptors (Lipinski definition) is 5. The molecule has 0 radical (unpaired) electrons. The Morgan fingerprint density at radius 1 is 1.19 bits per heavy atom. The van der Waals surface area contributed by atoms with Crippen LogP contribution in [0.25, 0.3) is 0 Å². The van der Waals surface area contributed by atoms with Crippen molar-refractivity contribution in [3.8, 4) is 0 Å². The van der Waals surface area contributed by atoms with Gasteiger partial charge in [0.1, 0.15) is 12.2 Å². The van der Waals surface area contributed by atoms with E-state index in [9.17, 15) is 13.8 Å². The zero-order valence-corrected chi connectivity index (χ0v) is 17.2. The van der Waals surface area contributed by atoms with Gasteiger partial charge in [0.15, 0.2) is 0 Å². The molecule has 0 bridgehead atoms. The minimum Gasteiger partial charge on any atom is -0.444 e. The second-order valence-electron chi connectivity index (χ2n) is 7.66. The number of carbonyl (C=O) groups is 2. The summed E-state index contributed by atoms with van der Waals surface area (Å²) >= 11 is 0. The third-order valence-corrected chi connectivity index (χ3v) is 6.39. The van der Waals surface area contributed by atoms with Gasteiger partial charge in [-0.25, -0.2) is 13.8 Å². The summed E-state index contributed by atoms with van der Waals surface area (Å²) in [6, 6.07) is 9.24. The van der Waals surface area contributed by atoms with Crippen molar-refractivity contribution in [2.75, 3.05) is 19.3 Å². The van der Waals surface area contributed by atoms with Gasteiger partial charge in [0, 0.05) is 24.6 Å². The van der Waals surface area contributed by atoms with Crippen LogP contribution in [0.1, 0.15) is 39.2 Å². The van der Waals surface area contributed by atoms with E-state index in [1.807, 2.05) is 51.1 Å². The second kappa shape index (κ2) is 8.73. The summed E-state index contributed by atoms with van der Waals surface area (Å²) < 4.78 is 27.1. The van der Waals surface area contributed by atoms with Gasteiger partial charge < -0.3 is 14.4 Å². The summed E-state index contributed by atoms with van der Waals surface area (Å²) in [5, 5.41) is -0.263. The Kier molecular flexibility index (Phi) is 6.86. The first-order chi connectivity index (χ1) is 12.6. The van der Waals surface area contributed by atoms with Crippen LogP contribution < -0.4 is 0 Å². The lowest BCUT2D eigenvalue weighted by molar-refractivity contribution is 0.0218. The third kappa shape index (κ3) is 6.86. The molecule has 27 heavy (non-hydrogen) atoms. The Balaban J connectivity index is 1.89. The Morgan fingerprint density at radius 3 is 2.33 bits per heavy atom. The molecule has 0 saturated carbocycles. The van der Waals surface area contributed by atoms with Gasteiger partial charge >= 0.3 is 12.2 Å². The highest BCUT2D eigenvalue weighted by atomic mass is 32.2. The molecule has 1 aliphatic heterocycles. The lowest BCUT2D eigenvalue weighted by atomic mass is 10.1. The Bertz CT molecular complexity index is 771. The van der Waals surface area contributed by atoms with Gasteiger partial charge in [-0.05, 0) is 39.2 Å². The number of hydrogen-bond donors (Lipinski definition) is 0. The molecule has 1 heterocycles. The molecule has 7 nitrogen and oxygen atoms in total. The van der Waals surface area contributed by atoms with E-state index in [1.54, 1.807) is 4.90 Å². The van der Waals surface area contributed by atoms with Crippen molar-refractivity contribution >= 4 is 21.9 Å². The minimum absolute atomic E-state index is 0.0930. The van der Waals surface area contributed by atoms with Crippen LogP contribution in [0.15, 0.2) is 34.7 Å². The summed E-state index contributed by atoms with van der Waals surface area (Å²) in [5.74, 6) is 0. The maximum absolute atomic E-state index is 12.9. The summed E-state index contributed by atoms with van der Waals surface area (Å²) in [4.78, 5) is 25.7. The molecule has 1 aromatic rings. The molecule has 2 amide bonds. The van der Waals surface area contributed by atoms with Crippen LogP contribution in [0.5, 0.6) is 0 Å². The number of piperidine rings is 1. The van der Waals surface area contributed by atoms with Gasteiger partial charge in [-0.15, -0.1) is 4.36 Å². The molecular formula is C19H28N2O5S.